The fourth-order valence-corrected chi connectivity index (χ4v) is 2.39. The lowest BCUT2D eigenvalue weighted by molar-refractivity contribution is -0.385. The summed E-state index contributed by atoms with van der Waals surface area (Å²) in [5.41, 5.74) is 0.636. The molecule has 0 spiro atoms. The quantitative estimate of drug-likeness (QED) is 0.397. The number of nitro benzene ring substituents is 1. The largest absolute Gasteiger partial charge is 0.450 e. The van der Waals surface area contributed by atoms with Crippen LogP contribution in [0.1, 0.15) is 5.56 Å². The highest BCUT2D eigenvalue weighted by molar-refractivity contribution is 9.08. The highest BCUT2D eigenvalue weighted by Gasteiger charge is 2.17. The molecule has 0 aliphatic rings. The van der Waals surface area contributed by atoms with Crippen LogP contribution in [0.4, 0.5) is 5.69 Å². The molecule has 0 aliphatic heterocycles. The molecule has 20 heavy (non-hydrogen) atoms. The van der Waals surface area contributed by atoms with Gasteiger partial charge >= 0.3 is 5.69 Å². The second-order valence-corrected chi connectivity index (χ2v) is 5.29. The standard InChI is InChI=1S/C13H8BrCl2NO3/c14-7-8-5-9(15)2-4-12(8)20-13-6-10(16)1-3-11(13)17(18)19/h1-6H,7H2. The number of hydrogen-bond donors (Lipinski definition) is 0. The first kappa shape index (κ1) is 15.1. The summed E-state index contributed by atoms with van der Waals surface area (Å²) in [4.78, 5) is 10.5. The molecule has 2 aromatic carbocycles. The van der Waals surface area contributed by atoms with E-state index in [0.717, 1.165) is 5.56 Å². The zero-order valence-electron chi connectivity index (χ0n) is 9.98. The van der Waals surface area contributed by atoms with Crippen molar-refractivity contribution in [3.63, 3.8) is 0 Å². The summed E-state index contributed by atoms with van der Waals surface area (Å²) in [6.07, 6.45) is 0. The Bertz CT molecular complexity index is 664. The third kappa shape index (κ3) is 3.42. The Labute approximate surface area is 133 Å². The Morgan fingerprint density at radius 3 is 2.40 bits per heavy atom. The molecule has 104 valence electrons. The molecule has 0 bridgehead atoms. The zero-order valence-corrected chi connectivity index (χ0v) is 13.1. The fraction of sp³-hybridized carbons (Fsp3) is 0.0769. The van der Waals surface area contributed by atoms with E-state index in [2.05, 4.69) is 15.9 Å². The molecule has 0 fully saturated rings. The fourth-order valence-electron chi connectivity index (χ4n) is 1.59. The van der Waals surface area contributed by atoms with E-state index >= 15 is 0 Å². The van der Waals surface area contributed by atoms with Crippen molar-refractivity contribution in [2.75, 3.05) is 0 Å². The molecule has 0 saturated heterocycles. The summed E-state index contributed by atoms with van der Waals surface area (Å²) < 4.78 is 5.61. The summed E-state index contributed by atoms with van der Waals surface area (Å²) in [7, 11) is 0. The first-order chi connectivity index (χ1) is 9.51. The SMILES string of the molecule is O=[N+]([O-])c1ccc(Cl)cc1Oc1ccc(Cl)cc1CBr. The van der Waals surface area contributed by atoms with Crippen molar-refractivity contribution in [2.45, 2.75) is 5.33 Å². The molecule has 0 aromatic heterocycles. The van der Waals surface area contributed by atoms with Gasteiger partial charge in [0.25, 0.3) is 0 Å². The van der Waals surface area contributed by atoms with E-state index in [1.165, 1.54) is 18.2 Å². The van der Waals surface area contributed by atoms with E-state index in [0.29, 0.717) is 21.1 Å². The average Bonchev–Trinajstić information content (AvgIpc) is 2.40. The molecule has 0 aliphatic carbocycles. The van der Waals surface area contributed by atoms with Crippen LogP contribution in [-0.2, 0) is 5.33 Å². The van der Waals surface area contributed by atoms with Gasteiger partial charge in [-0.3, -0.25) is 10.1 Å². The molecule has 0 radical (unpaired) electrons. The van der Waals surface area contributed by atoms with Crippen molar-refractivity contribution >= 4 is 44.8 Å². The van der Waals surface area contributed by atoms with E-state index in [1.54, 1.807) is 18.2 Å². The molecule has 2 aromatic rings. The highest BCUT2D eigenvalue weighted by Crippen LogP contribution is 2.36. The summed E-state index contributed by atoms with van der Waals surface area (Å²) in [6, 6.07) is 9.19. The molecule has 0 saturated carbocycles. The van der Waals surface area contributed by atoms with E-state index in [9.17, 15) is 10.1 Å². The van der Waals surface area contributed by atoms with E-state index < -0.39 is 4.92 Å². The van der Waals surface area contributed by atoms with Crippen molar-refractivity contribution in [1.29, 1.82) is 0 Å². The molecule has 0 unspecified atom stereocenters. The number of rotatable bonds is 4. The summed E-state index contributed by atoms with van der Waals surface area (Å²) in [5.74, 6) is 0.573. The lowest BCUT2D eigenvalue weighted by Crippen LogP contribution is -1.95. The van der Waals surface area contributed by atoms with Crippen molar-refractivity contribution in [1.82, 2.24) is 0 Å². The number of halogens is 3. The van der Waals surface area contributed by atoms with Crippen LogP contribution < -0.4 is 4.74 Å². The van der Waals surface area contributed by atoms with Gasteiger partial charge in [-0.1, -0.05) is 39.1 Å². The lowest BCUT2D eigenvalue weighted by Gasteiger charge is -2.10. The van der Waals surface area contributed by atoms with Crippen LogP contribution in [0.5, 0.6) is 11.5 Å². The van der Waals surface area contributed by atoms with Crippen LogP contribution in [0, 0.1) is 10.1 Å². The smallest absolute Gasteiger partial charge is 0.311 e. The Morgan fingerprint density at radius 2 is 1.75 bits per heavy atom. The normalized spacial score (nSPS) is 10.3. The minimum Gasteiger partial charge on any atom is -0.450 e. The highest BCUT2D eigenvalue weighted by atomic mass is 79.9. The van der Waals surface area contributed by atoms with Gasteiger partial charge in [-0.25, -0.2) is 0 Å². The predicted molar refractivity (Wildman–Crippen MR) is 82.3 cm³/mol. The molecular weight excluding hydrogens is 369 g/mol. The first-order valence-corrected chi connectivity index (χ1v) is 7.35. The van der Waals surface area contributed by atoms with Gasteiger partial charge in [0.1, 0.15) is 5.75 Å². The average molecular weight is 377 g/mol. The second-order valence-electron chi connectivity index (χ2n) is 3.86. The maximum atomic E-state index is 11.0. The van der Waals surface area contributed by atoms with Crippen LogP contribution in [0.25, 0.3) is 0 Å². The van der Waals surface area contributed by atoms with Gasteiger partial charge in [0.2, 0.25) is 5.75 Å². The molecule has 7 heteroatoms. The van der Waals surface area contributed by atoms with Crippen LogP contribution in [-0.4, -0.2) is 4.92 Å². The Hall–Kier alpha value is -1.30. The maximum absolute atomic E-state index is 11.0. The number of benzene rings is 2. The minimum absolute atomic E-state index is 0.0898. The number of ether oxygens (including phenoxy) is 1. The Kier molecular flexibility index (Phi) is 4.86. The number of hydrogen-bond acceptors (Lipinski definition) is 3. The molecule has 0 heterocycles. The van der Waals surface area contributed by atoms with Crippen molar-refractivity contribution < 1.29 is 9.66 Å². The topological polar surface area (TPSA) is 52.4 Å². The monoisotopic (exact) mass is 375 g/mol. The molecule has 0 N–H and O–H groups in total. The molecule has 0 atom stereocenters. The summed E-state index contributed by atoms with van der Waals surface area (Å²) in [5, 5.41) is 12.4. The van der Waals surface area contributed by atoms with Crippen molar-refractivity contribution in [2.24, 2.45) is 0 Å². The van der Waals surface area contributed by atoms with Crippen LogP contribution in [0.3, 0.4) is 0 Å². The molecule has 0 amide bonds. The van der Waals surface area contributed by atoms with Gasteiger partial charge in [-0.05, 0) is 24.3 Å². The van der Waals surface area contributed by atoms with Crippen molar-refractivity contribution in [3.05, 3.63) is 62.1 Å². The molecule has 4 nitrogen and oxygen atoms in total. The number of nitrogens with zero attached hydrogens (tertiary/aromatic N) is 1. The second kappa shape index (κ2) is 6.43. The van der Waals surface area contributed by atoms with E-state index in [1.807, 2.05) is 0 Å². The summed E-state index contributed by atoms with van der Waals surface area (Å²) >= 11 is 15.1. The van der Waals surface area contributed by atoms with Gasteiger partial charge in [-0.2, -0.15) is 0 Å². The number of nitro groups is 1. The third-order valence-electron chi connectivity index (χ3n) is 2.50. The Morgan fingerprint density at radius 1 is 1.10 bits per heavy atom. The minimum atomic E-state index is -0.518. The number of alkyl halides is 1. The lowest BCUT2D eigenvalue weighted by atomic mass is 10.2. The van der Waals surface area contributed by atoms with Gasteiger partial charge in [0, 0.05) is 33.1 Å². The van der Waals surface area contributed by atoms with Crippen LogP contribution >= 0.6 is 39.1 Å². The predicted octanol–water partition coefficient (Wildman–Crippen LogP) is 5.59. The molecular formula is C13H8BrCl2NO3. The first-order valence-electron chi connectivity index (χ1n) is 5.47. The third-order valence-corrected chi connectivity index (χ3v) is 3.58. The zero-order chi connectivity index (χ0) is 14.7. The summed E-state index contributed by atoms with van der Waals surface area (Å²) in [6.45, 7) is 0. The molecule has 2 rings (SSSR count). The van der Waals surface area contributed by atoms with Crippen molar-refractivity contribution in [3.8, 4) is 11.5 Å². The van der Waals surface area contributed by atoms with Crippen LogP contribution in [0.2, 0.25) is 10.0 Å². The van der Waals surface area contributed by atoms with Gasteiger partial charge < -0.3 is 4.74 Å². The van der Waals surface area contributed by atoms with E-state index in [4.69, 9.17) is 27.9 Å². The van der Waals surface area contributed by atoms with Gasteiger partial charge in [-0.15, -0.1) is 0 Å². The van der Waals surface area contributed by atoms with Gasteiger partial charge in [0.15, 0.2) is 0 Å². The maximum Gasteiger partial charge on any atom is 0.311 e. The Balaban J connectivity index is 2.44. The van der Waals surface area contributed by atoms with Crippen LogP contribution in [0.15, 0.2) is 36.4 Å². The van der Waals surface area contributed by atoms with Gasteiger partial charge in [0.05, 0.1) is 4.92 Å². The van der Waals surface area contributed by atoms with E-state index in [-0.39, 0.29) is 11.4 Å².